The topological polar surface area (TPSA) is 127 Å². The largest absolute Gasteiger partial charge is 0.481 e. The van der Waals surface area contributed by atoms with Crippen molar-refractivity contribution in [1.82, 2.24) is 4.72 Å². The normalized spacial score (nSPS) is 12.7. The van der Waals surface area contributed by atoms with E-state index >= 15 is 0 Å². The molecule has 0 radical (unpaired) electrons. The van der Waals surface area contributed by atoms with Crippen molar-refractivity contribution in [2.45, 2.75) is 17.4 Å². The van der Waals surface area contributed by atoms with Crippen LogP contribution in [0.3, 0.4) is 0 Å². The Balaban J connectivity index is 2.79. The minimum Gasteiger partial charge on any atom is -0.481 e. The molecule has 0 aliphatic rings. The van der Waals surface area contributed by atoms with E-state index in [1.807, 2.05) is 0 Å². The van der Waals surface area contributed by atoms with E-state index in [1.54, 1.807) is 10.8 Å². The van der Waals surface area contributed by atoms with Crippen LogP contribution in [-0.4, -0.2) is 31.4 Å². The summed E-state index contributed by atoms with van der Waals surface area (Å²) in [7, 11) is -4.01. The van der Waals surface area contributed by atoms with Crippen LogP contribution in [0, 0.1) is 0 Å². The highest BCUT2D eigenvalue weighted by Crippen LogP contribution is 2.07. The fourth-order valence-corrected chi connectivity index (χ4v) is 2.20. The number of carbonyl (C=O) groups excluding carboxylic acids is 1. The molecule has 1 rings (SSSR count). The first-order valence-corrected chi connectivity index (χ1v) is 6.40. The first kappa shape index (κ1) is 14.1. The molecule has 1 amide bonds. The van der Waals surface area contributed by atoms with Crippen molar-refractivity contribution in [2.24, 2.45) is 5.73 Å². The van der Waals surface area contributed by atoms with Gasteiger partial charge in [-0.15, -0.1) is 0 Å². The third-order valence-electron chi connectivity index (χ3n) is 2.02. The number of hydrogen-bond acceptors (Lipinski definition) is 5. The molecule has 0 aliphatic carbocycles. The average Bonchev–Trinajstić information content (AvgIpc) is 2.28. The number of nitrogens with one attached hydrogen (secondary N) is 1. The SMILES string of the molecule is N[C@H](CC(=O)O)C(=O)NS(=O)(=O)c1ccccc1. The van der Waals surface area contributed by atoms with Gasteiger partial charge in [0.25, 0.3) is 15.9 Å². The van der Waals surface area contributed by atoms with Gasteiger partial charge in [0.05, 0.1) is 17.4 Å². The highest BCUT2D eigenvalue weighted by molar-refractivity contribution is 7.90. The smallest absolute Gasteiger partial charge is 0.305 e. The molecule has 0 saturated heterocycles. The second-order valence-electron chi connectivity index (χ2n) is 3.49. The van der Waals surface area contributed by atoms with Crippen LogP contribution in [0.1, 0.15) is 6.42 Å². The average molecular weight is 272 g/mol. The molecule has 1 aromatic rings. The Kier molecular flexibility index (Phi) is 4.40. The van der Waals surface area contributed by atoms with E-state index in [-0.39, 0.29) is 4.90 Å². The Hall–Kier alpha value is -1.93. The van der Waals surface area contributed by atoms with Gasteiger partial charge in [-0.05, 0) is 12.1 Å². The van der Waals surface area contributed by atoms with Gasteiger partial charge in [-0.2, -0.15) is 0 Å². The van der Waals surface area contributed by atoms with E-state index in [0.717, 1.165) is 0 Å². The van der Waals surface area contributed by atoms with Crippen LogP contribution >= 0.6 is 0 Å². The number of carboxylic acids is 1. The number of rotatable bonds is 5. The van der Waals surface area contributed by atoms with Crippen LogP contribution < -0.4 is 10.5 Å². The van der Waals surface area contributed by atoms with Crippen LogP contribution in [0.15, 0.2) is 35.2 Å². The van der Waals surface area contributed by atoms with Crippen LogP contribution in [0.2, 0.25) is 0 Å². The second kappa shape index (κ2) is 5.61. The minimum absolute atomic E-state index is 0.0964. The third-order valence-corrected chi connectivity index (χ3v) is 3.38. The predicted octanol–water partition coefficient (Wildman–Crippen LogP) is -0.706. The first-order valence-electron chi connectivity index (χ1n) is 4.92. The van der Waals surface area contributed by atoms with Gasteiger partial charge in [-0.1, -0.05) is 18.2 Å². The molecule has 0 saturated carbocycles. The predicted molar refractivity (Wildman–Crippen MR) is 62.0 cm³/mol. The van der Waals surface area contributed by atoms with Gasteiger partial charge in [0.2, 0.25) is 0 Å². The number of carboxylic acid groups (broad SMARTS) is 1. The van der Waals surface area contributed by atoms with Crippen molar-refractivity contribution in [1.29, 1.82) is 0 Å². The van der Waals surface area contributed by atoms with Crippen molar-refractivity contribution in [3.05, 3.63) is 30.3 Å². The molecule has 0 aliphatic heterocycles. The van der Waals surface area contributed by atoms with Crippen molar-refractivity contribution >= 4 is 21.9 Å². The zero-order valence-corrected chi connectivity index (χ0v) is 10.1. The zero-order chi connectivity index (χ0) is 13.8. The molecule has 8 heteroatoms. The molecule has 18 heavy (non-hydrogen) atoms. The number of aliphatic carboxylic acids is 1. The van der Waals surface area contributed by atoms with Crippen LogP contribution in [0.4, 0.5) is 0 Å². The summed E-state index contributed by atoms with van der Waals surface area (Å²) < 4.78 is 25.1. The van der Waals surface area contributed by atoms with Gasteiger partial charge in [-0.3, -0.25) is 9.59 Å². The fourth-order valence-electron chi connectivity index (χ4n) is 1.15. The summed E-state index contributed by atoms with van der Waals surface area (Å²) in [6.07, 6.45) is -0.643. The number of nitrogens with two attached hydrogens (primary N) is 1. The fraction of sp³-hybridized carbons (Fsp3) is 0.200. The van der Waals surface area contributed by atoms with E-state index in [1.165, 1.54) is 24.3 Å². The quantitative estimate of drug-likeness (QED) is 0.650. The second-order valence-corrected chi connectivity index (χ2v) is 5.17. The molecule has 1 aromatic carbocycles. The summed E-state index contributed by atoms with van der Waals surface area (Å²) in [6.45, 7) is 0. The summed E-state index contributed by atoms with van der Waals surface area (Å²) >= 11 is 0. The Morgan fingerprint density at radius 2 is 1.83 bits per heavy atom. The van der Waals surface area contributed by atoms with Gasteiger partial charge in [0.15, 0.2) is 0 Å². The molecule has 1 atom stereocenters. The molecule has 0 bridgehead atoms. The standard InChI is InChI=1S/C10H12N2O5S/c11-8(6-9(13)14)10(15)12-18(16,17)7-4-2-1-3-5-7/h1-5,8H,6,11H2,(H,12,15)(H,13,14)/t8-/m1/s1. The first-order chi connectivity index (χ1) is 8.33. The monoisotopic (exact) mass is 272 g/mol. The third kappa shape index (κ3) is 3.82. The van der Waals surface area contributed by atoms with Crippen LogP contribution in [0.5, 0.6) is 0 Å². The molecule has 0 fully saturated rings. The van der Waals surface area contributed by atoms with Crippen molar-refractivity contribution < 1.29 is 23.1 Å². The number of hydrogen-bond donors (Lipinski definition) is 3. The van der Waals surface area contributed by atoms with E-state index in [9.17, 15) is 18.0 Å². The molecular formula is C10H12N2O5S. The van der Waals surface area contributed by atoms with Gasteiger partial charge in [-0.25, -0.2) is 13.1 Å². The maximum atomic E-state index is 11.7. The number of sulfonamides is 1. The van der Waals surface area contributed by atoms with Crippen molar-refractivity contribution in [3.8, 4) is 0 Å². The highest BCUT2D eigenvalue weighted by atomic mass is 32.2. The van der Waals surface area contributed by atoms with E-state index in [0.29, 0.717) is 0 Å². The lowest BCUT2D eigenvalue weighted by atomic mass is 10.2. The lowest BCUT2D eigenvalue weighted by Crippen LogP contribution is -2.44. The van der Waals surface area contributed by atoms with Crippen LogP contribution in [-0.2, 0) is 19.6 Å². The van der Waals surface area contributed by atoms with E-state index < -0.39 is 34.4 Å². The van der Waals surface area contributed by atoms with Gasteiger partial charge in [0, 0.05) is 0 Å². The zero-order valence-electron chi connectivity index (χ0n) is 9.24. The summed E-state index contributed by atoms with van der Waals surface area (Å²) in [5.74, 6) is -2.34. The maximum absolute atomic E-state index is 11.7. The Morgan fingerprint density at radius 1 is 1.28 bits per heavy atom. The van der Waals surface area contributed by atoms with Gasteiger partial charge >= 0.3 is 5.97 Å². The van der Waals surface area contributed by atoms with Gasteiger partial charge in [0.1, 0.15) is 0 Å². The molecule has 0 aromatic heterocycles. The Bertz CT molecular complexity index is 541. The molecule has 4 N–H and O–H groups in total. The van der Waals surface area contributed by atoms with Crippen molar-refractivity contribution in [3.63, 3.8) is 0 Å². The Morgan fingerprint density at radius 3 is 2.33 bits per heavy atom. The van der Waals surface area contributed by atoms with Crippen LogP contribution in [0.25, 0.3) is 0 Å². The molecule has 0 spiro atoms. The number of benzene rings is 1. The van der Waals surface area contributed by atoms with E-state index in [4.69, 9.17) is 10.8 Å². The van der Waals surface area contributed by atoms with E-state index in [2.05, 4.69) is 0 Å². The summed E-state index contributed by atoms with van der Waals surface area (Å²) in [6, 6.07) is 5.81. The Labute approximate surface area is 104 Å². The molecular weight excluding hydrogens is 260 g/mol. The number of amides is 1. The summed E-state index contributed by atoms with van der Waals surface area (Å²) in [5.41, 5.74) is 5.25. The summed E-state index contributed by atoms with van der Waals surface area (Å²) in [4.78, 5) is 21.6. The minimum atomic E-state index is -4.01. The maximum Gasteiger partial charge on any atom is 0.305 e. The molecule has 7 nitrogen and oxygen atoms in total. The number of carbonyl (C=O) groups is 2. The molecule has 0 unspecified atom stereocenters. The lowest BCUT2D eigenvalue weighted by Gasteiger charge is -2.10. The summed E-state index contributed by atoms with van der Waals surface area (Å²) in [5, 5.41) is 8.44. The molecule has 98 valence electrons. The van der Waals surface area contributed by atoms with Crippen molar-refractivity contribution in [2.75, 3.05) is 0 Å². The highest BCUT2D eigenvalue weighted by Gasteiger charge is 2.23. The molecule has 0 heterocycles. The van der Waals surface area contributed by atoms with Gasteiger partial charge < -0.3 is 10.8 Å². The lowest BCUT2D eigenvalue weighted by molar-refractivity contribution is -0.139.